The predicted molar refractivity (Wildman–Crippen MR) is 96.0 cm³/mol. The molecule has 0 aliphatic carbocycles. The third-order valence-electron chi connectivity index (χ3n) is 4.34. The molecule has 0 atom stereocenters. The van der Waals surface area contributed by atoms with Crippen LogP contribution < -0.4 is 0 Å². The predicted octanol–water partition coefficient (Wildman–Crippen LogP) is 4.54. The lowest BCUT2D eigenvalue weighted by atomic mass is 10.1. The van der Waals surface area contributed by atoms with Crippen LogP contribution in [0.15, 0.2) is 72.9 Å². The normalized spacial score (nSPS) is 11.1. The van der Waals surface area contributed by atoms with E-state index in [1.807, 2.05) is 0 Å². The van der Waals surface area contributed by atoms with Crippen molar-refractivity contribution in [2.45, 2.75) is 26.6 Å². The highest BCUT2D eigenvalue weighted by Crippen LogP contribution is 2.16. The maximum Gasteiger partial charge on any atom is 0.0394 e. The molecule has 2 heteroatoms. The highest BCUT2D eigenvalue weighted by molar-refractivity contribution is 5.26. The Morgan fingerprint density at radius 1 is 0.783 bits per heavy atom. The minimum Gasteiger partial charge on any atom is -0.353 e. The molecule has 0 spiro atoms. The van der Waals surface area contributed by atoms with E-state index >= 15 is 0 Å². The Morgan fingerprint density at radius 2 is 1.52 bits per heavy atom. The molecule has 0 unspecified atom stereocenters. The van der Waals surface area contributed by atoms with Crippen molar-refractivity contribution < 1.29 is 0 Å². The molecule has 0 bridgehead atoms. The summed E-state index contributed by atoms with van der Waals surface area (Å²) in [4.78, 5) is 2.51. The van der Waals surface area contributed by atoms with Crippen LogP contribution in [0.5, 0.6) is 0 Å². The number of benzene rings is 2. The van der Waals surface area contributed by atoms with Crippen molar-refractivity contribution in [1.82, 2.24) is 9.47 Å². The molecule has 0 N–H and O–H groups in total. The topological polar surface area (TPSA) is 8.17 Å². The quantitative estimate of drug-likeness (QED) is 0.649. The highest BCUT2D eigenvalue weighted by Gasteiger charge is 2.11. The maximum absolute atomic E-state index is 2.51. The molecule has 3 aromatic rings. The van der Waals surface area contributed by atoms with Gasteiger partial charge >= 0.3 is 0 Å². The molecule has 0 fully saturated rings. The second-order valence-corrected chi connectivity index (χ2v) is 6.17. The molecule has 2 aromatic carbocycles. The lowest BCUT2D eigenvalue weighted by Gasteiger charge is -2.24. The van der Waals surface area contributed by atoms with Crippen molar-refractivity contribution >= 4 is 0 Å². The van der Waals surface area contributed by atoms with E-state index in [0.29, 0.717) is 0 Å². The molecule has 0 saturated heterocycles. The van der Waals surface area contributed by atoms with E-state index in [-0.39, 0.29) is 0 Å². The van der Waals surface area contributed by atoms with Gasteiger partial charge in [0, 0.05) is 38.6 Å². The van der Waals surface area contributed by atoms with Crippen LogP contribution in [-0.4, -0.2) is 9.47 Å². The zero-order valence-corrected chi connectivity index (χ0v) is 13.9. The standard InChI is InChI=1S/C21H24N2/c1-18-9-6-7-12-20(18)16-23(15-19-10-4-3-5-11-19)17-21-13-8-14-22(21)2/h3-14H,15-17H2,1-2H3. The smallest absolute Gasteiger partial charge is 0.0394 e. The van der Waals surface area contributed by atoms with Gasteiger partial charge in [0.05, 0.1) is 0 Å². The summed E-state index contributed by atoms with van der Waals surface area (Å²) >= 11 is 0. The molecule has 0 amide bonds. The summed E-state index contributed by atoms with van der Waals surface area (Å²) < 4.78 is 2.20. The molecule has 0 aliphatic heterocycles. The van der Waals surface area contributed by atoms with Crippen molar-refractivity contribution in [2.24, 2.45) is 7.05 Å². The molecule has 2 nitrogen and oxygen atoms in total. The van der Waals surface area contributed by atoms with E-state index in [2.05, 4.69) is 96.4 Å². The Kier molecular flexibility index (Phi) is 4.94. The lowest BCUT2D eigenvalue weighted by molar-refractivity contribution is 0.242. The fourth-order valence-corrected chi connectivity index (χ4v) is 2.93. The summed E-state index contributed by atoms with van der Waals surface area (Å²) in [6.07, 6.45) is 2.11. The van der Waals surface area contributed by atoms with Crippen molar-refractivity contribution in [2.75, 3.05) is 0 Å². The highest BCUT2D eigenvalue weighted by atomic mass is 15.1. The van der Waals surface area contributed by atoms with Gasteiger partial charge in [-0.25, -0.2) is 0 Å². The number of rotatable bonds is 6. The van der Waals surface area contributed by atoms with Crippen molar-refractivity contribution in [3.05, 3.63) is 95.3 Å². The van der Waals surface area contributed by atoms with Crippen LogP contribution in [0.3, 0.4) is 0 Å². The zero-order chi connectivity index (χ0) is 16.1. The van der Waals surface area contributed by atoms with Gasteiger partial charge in [0.25, 0.3) is 0 Å². The van der Waals surface area contributed by atoms with E-state index in [1.165, 1.54) is 22.4 Å². The van der Waals surface area contributed by atoms with Gasteiger partial charge in [0.15, 0.2) is 0 Å². The number of hydrogen-bond acceptors (Lipinski definition) is 1. The largest absolute Gasteiger partial charge is 0.353 e. The molecule has 23 heavy (non-hydrogen) atoms. The van der Waals surface area contributed by atoms with Crippen molar-refractivity contribution in [3.63, 3.8) is 0 Å². The third-order valence-corrected chi connectivity index (χ3v) is 4.34. The number of nitrogens with zero attached hydrogens (tertiary/aromatic N) is 2. The fourth-order valence-electron chi connectivity index (χ4n) is 2.93. The minimum atomic E-state index is 0.951. The number of aromatic nitrogens is 1. The van der Waals surface area contributed by atoms with E-state index in [4.69, 9.17) is 0 Å². The van der Waals surface area contributed by atoms with E-state index < -0.39 is 0 Å². The summed E-state index contributed by atoms with van der Waals surface area (Å²) in [5.41, 5.74) is 5.46. The summed E-state index contributed by atoms with van der Waals surface area (Å²) in [5.74, 6) is 0. The first kappa shape index (κ1) is 15.6. The van der Waals surface area contributed by atoms with E-state index in [9.17, 15) is 0 Å². The van der Waals surface area contributed by atoms with Crippen LogP contribution in [-0.2, 0) is 26.7 Å². The Morgan fingerprint density at radius 3 is 2.22 bits per heavy atom. The van der Waals surface area contributed by atoms with Crippen molar-refractivity contribution in [1.29, 1.82) is 0 Å². The molecule has 1 aromatic heterocycles. The van der Waals surface area contributed by atoms with Gasteiger partial charge in [0.1, 0.15) is 0 Å². The molecule has 0 saturated carbocycles. The van der Waals surface area contributed by atoms with E-state index in [1.54, 1.807) is 0 Å². The Balaban J connectivity index is 1.81. The van der Waals surface area contributed by atoms with Crippen LogP contribution in [0.1, 0.15) is 22.4 Å². The molecule has 0 radical (unpaired) electrons. The second-order valence-electron chi connectivity index (χ2n) is 6.17. The van der Waals surface area contributed by atoms with Gasteiger partial charge in [0.2, 0.25) is 0 Å². The summed E-state index contributed by atoms with van der Waals surface area (Å²) in [6, 6.07) is 23.7. The Bertz CT molecular complexity index is 743. The van der Waals surface area contributed by atoms with E-state index in [0.717, 1.165) is 19.6 Å². The SMILES string of the molecule is Cc1ccccc1CN(Cc1ccccc1)Cc1cccn1C. The molecule has 0 aliphatic rings. The van der Waals surface area contributed by atoms with Gasteiger partial charge in [-0.15, -0.1) is 0 Å². The molecule has 1 heterocycles. The first-order valence-corrected chi connectivity index (χ1v) is 8.13. The van der Waals surface area contributed by atoms with Crippen LogP contribution in [0.4, 0.5) is 0 Å². The Labute approximate surface area is 139 Å². The summed E-state index contributed by atoms with van der Waals surface area (Å²) in [6.45, 7) is 5.07. The first-order valence-electron chi connectivity index (χ1n) is 8.13. The Hall–Kier alpha value is -2.32. The molecular formula is C21H24N2. The van der Waals surface area contributed by atoms with Gasteiger partial charge in [-0.3, -0.25) is 4.90 Å². The summed E-state index contributed by atoms with van der Waals surface area (Å²) in [5, 5.41) is 0. The molecular weight excluding hydrogens is 280 g/mol. The second kappa shape index (κ2) is 7.30. The fraction of sp³-hybridized carbons (Fsp3) is 0.238. The zero-order valence-electron chi connectivity index (χ0n) is 13.9. The van der Waals surface area contributed by atoms with Crippen LogP contribution in [0, 0.1) is 6.92 Å². The molecule has 118 valence electrons. The van der Waals surface area contributed by atoms with Gasteiger partial charge in [-0.1, -0.05) is 54.6 Å². The average molecular weight is 304 g/mol. The first-order chi connectivity index (χ1) is 11.2. The van der Waals surface area contributed by atoms with Gasteiger partial charge in [-0.05, 0) is 35.7 Å². The lowest BCUT2D eigenvalue weighted by Crippen LogP contribution is -2.24. The molecule has 3 rings (SSSR count). The van der Waals surface area contributed by atoms with Crippen LogP contribution in [0.2, 0.25) is 0 Å². The number of aryl methyl sites for hydroxylation is 2. The number of hydrogen-bond donors (Lipinski definition) is 0. The van der Waals surface area contributed by atoms with Crippen molar-refractivity contribution in [3.8, 4) is 0 Å². The van der Waals surface area contributed by atoms with Gasteiger partial charge in [-0.2, -0.15) is 0 Å². The average Bonchev–Trinajstić information content (AvgIpc) is 2.96. The van der Waals surface area contributed by atoms with Crippen LogP contribution >= 0.6 is 0 Å². The summed E-state index contributed by atoms with van der Waals surface area (Å²) in [7, 11) is 2.11. The van der Waals surface area contributed by atoms with Gasteiger partial charge < -0.3 is 4.57 Å². The maximum atomic E-state index is 2.51. The van der Waals surface area contributed by atoms with Crippen LogP contribution in [0.25, 0.3) is 0 Å². The monoisotopic (exact) mass is 304 g/mol. The minimum absolute atomic E-state index is 0.951. The third kappa shape index (κ3) is 4.11.